The Morgan fingerprint density at radius 1 is 0.774 bits per heavy atom. The molecule has 4 atom stereocenters. The van der Waals surface area contributed by atoms with Crippen LogP contribution in [0.3, 0.4) is 0 Å². The van der Waals surface area contributed by atoms with E-state index in [0.29, 0.717) is 24.0 Å². The molecule has 4 aliphatic rings. The molecule has 0 aromatic carbocycles. The van der Waals surface area contributed by atoms with E-state index in [1.807, 2.05) is 76.3 Å². The van der Waals surface area contributed by atoms with Crippen LogP contribution in [-0.4, -0.2) is 23.1 Å². The lowest BCUT2D eigenvalue weighted by Gasteiger charge is -2.31. The van der Waals surface area contributed by atoms with Gasteiger partial charge in [0.05, 0.1) is 11.1 Å². The van der Waals surface area contributed by atoms with Crippen molar-refractivity contribution >= 4 is 11.9 Å². The van der Waals surface area contributed by atoms with Gasteiger partial charge in [-0.2, -0.15) is 0 Å². The fourth-order valence-electron chi connectivity index (χ4n) is 5.51. The van der Waals surface area contributed by atoms with Gasteiger partial charge in [0.15, 0.2) is 0 Å². The van der Waals surface area contributed by atoms with Gasteiger partial charge in [0.25, 0.3) is 0 Å². The van der Waals surface area contributed by atoms with E-state index in [4.69, 9.17) is 9.47 Å². The SMILES string of the molecule is CC1=CC=CC(C)(OC(=O)C2=C(C(=O)OC3(C)C=CC=C(C)C3)C3C=CC2C3(C)C)C1. The molecular weight excluding hydrogens is 388 g/mol. The van der Waals surface area contributed by atoms with Gasteiger partial charge in [-0.15, -0.1) is 0 Å². The minimum atomic E-state index is -0.715. The van der Waals surface area contributed by atoms with Crippen molar-refractivity contribution in [3.05, 3.63) is 70.9 Å². The quantitative estimate of drug-likeness (QED) is 0.442. The molecule has 4 aliphatic carbocycles. The summed E-state index contributed by atoms with van der Waals surface area (Å²) in [5.74, 6) is -1.15. The zero-order valence-corrected chi connectivity index (χ0v) is 19.3. The standard InChI is InChI=1S/C27H32O4/c1-17-9-7-13-26(5,15-17)30-23(28)21-19-11-12-20(25(19,3)4)22(21)24(29)31-27(6)14-8-10-18(2)16-27/h7-14,19-20H,15-16H2,1-6H3. The summed E-state index contributed by atoms with van der Waals surface area (Å²) in [5.41, 5.74) is 1.53. The van der Waals surface area contributed by atoms with E-state index in [2.05, 4.69) is 13.8 Å². The minimum absolute atomic E-state index is 0.156. The topological polar surface area (TPSA) is 52.6 Å². The number of carbonyl (C=O) groups is 2. The van der Waals surface area contributed by atoms with E-state index in [-0.39, 0.29) is 17.3 Å². The third-order valence-corrected chi connectivity index (χ3v) is 7.02. The molecular formula is C27H32O4. The molecule has 164 valence electrons. The highest BCUT2D eigenvalue weighted by Gasteiger charge is 2.55. The van der Waals surface area contributed by atoms with Crippen LogP contribution in [0.4, 0.5) is 0 Å². The van der Waals surface area contributed by atoms with Gasteiger partial charge in [-0.05, 0) is 45.3 Å². The molecule has 0 amide bonds. The smallest absolute Gasteiger partial charge is 0.336 e. The largest absolute Gasteiger partial charge is 0.451 e. The van der Waals surface area contributed by atoms with E-state index < -0.39 is 23.1 Å². The molecule has 31 heavy (non-hydrogen) atoms. The first-order valence-electron chi connectivity index (χ1n) is 11.0. The number of ether oxygens (including phenoxy) is 2. The first-order chi connectivity index (χ1) is 14.4. The number of rotatable bonds is 4. The molecule has 4 unspecified atom stereocenters. The van der Waals surface area contributed by atoms with Gasteiger partial charge in [-0.3, -0.25) is 0 Å². The lowest BCUT2D eigenvalue weighted by atomic mass is 9.77. The Kier molecular flexibility index (Phi) is 5.03. The highest BCUT2D eigenvalue weighted by Crippen LogP contribution is 2.57. The molecule has 0 radical (unpaired) electrons. The molecule has 0 saturated heterocycles. The van der Waals surface area contributed by atoms with Crippen LogP contribution in [0.15, 0.2) is 70.9 Å². The Morgan fingerprint density at radius 3 is 1.52 bits per heavy atom. The molecule has 0 fully saturated rings. The van der Waals surface area contributed by atoms with Crippen molar-refractivity contribution in [3.63, 3.8) is 0 Å². The monoisotopic (exact) mass is 420 g/mol. The summed E-state index contributed by atoms with van der Waals surface area (Å²) in [5, 5.41) is 0. The van der Waals surface area contributed by atoms with Crippen LogP contribution >= 0.6 is 0 Å². The van der Waals surface area contributed by atoms with Gasteiger partial charge in [-0.25, -0.2) is 9.59 Å². The fourth-order valence-corrected chi connectivity index (χ4v) is 5.51. The second-order valence-electron chi connectivity index (χ2n) is 10.5. The van der Waals surface area contributed by atoms with Crippen LogP contribution in [0.2, 0.25) is 0 Å². The Morgan fingerprint density at radius 2 is 1.16 bits per heavy atom. The summed E-state index contributed by atoms with van der Waals surface area (Å²) in [6.07, 6.45) is 17.1. The number of fused-ring (bicyclic) bond motifs is 2. The Labute approximate surface area is 185 Å². The highest BCUT2D eigenvalue weighted by molar-refractivity contribution is 6.04. The molecule has 4 heteroatoms. The maximum absolute atomic E-state index is 13.4. The van der Waals surface area contributed by atoms with Gasteiger partial charge in [0.1, 0.15) is 11.2 Å². The van der Waals surface area contributed by atoms with E-state index in [1.54, 1.807) is 0 Å². The molecule has 0 spiro atoms. The number of esters is 2. The minimum Gasteiger partial charge on any atom is -0.451 e. The summed E-state index contributed by atoms with van der Waals surface area (Å²) < 4.78 is 12.0. The Bertz CT molecular complexity index is 938. The molecule has 0 aromatic heterocycles. The van der Waals surface area contributed by atoms with E-state index in [1.165, 1.54) is 0 Å². The molecule has 4 nitrogen and oxygen atoms in total. The Hall–Kier alpha value is -2.62. The van der Waals surface area contributed by atoms with Crippen molar-refractivity contribution in [3.8, 4) is 0 Å². The van der Waals surface area contributed by atoms with Gasteiger partial charge in [0, 0.05) is 24.7 Å². The van der Waals surface area contributed by atoms with E-state index in [9.17, 15) is 9.59 Å². The van der Waals surface area contributed by atoms with Gasteiger partial charge in [0.2, 0.25) is 0 Å². The summed E-state index contributed by atoms with van der Waals surface area (Å²) in [7, 11) is 0. The van der Waals surface area contributed by atoms with Crippen LogP contribution in [0.1, 0.15) is 54.4 Å². The fraction of sp³-hybridized carbons (Fsp3) is 0.481. The average Bonchev–Trinajstić information content (AvgIpc) is 3.05. The van der Waals surface area contributed by atoms with Crippen molar-refractivity contribution in [2.45, 2.75) is 65.6 Å². The van der Waals surface area contributed by atoms with Crippen LogP contribution in [0, 0.1) is 17.3 Å². The third-order valence-electron chi connectivity index (χ3n) is 7.02. The van der Waals surface area contributed by atoms with Gasteiger partial charge in [-0.1, -0.05) is 61.4 Å². The number of hydrogen-bond acceptors (Lipinski definition) is 4. The number of carbonyl (C=O) groups excluding carboxylic acids is 2. The molecule has 0 saturated carbocycles. The first-order valence-corrected chi connectivity index (χ1v) is 11.0. The molecule has 0 heterocycles. The molecule has 0 N–H and O–H groups in total. The summed E-state index contributed by atoms with van der Waals surface area (Å²) in [6, 6.07) is 0. The Balaban J connectivity index is 1.64. The van der Waals surface area contributed by atoms with Crippen molar-refractivity contribution in [2.75, 3.05) is 0 Å². The van der Waals surface area contributed by atoms with E-state index >= 15 is 0 Å². The summed E-state index contributed by atoms with van der Waals surface area (Å²) in [4.78, 5) is 26.9. The second-order valence-corrected chi connectivity index (χ2v) is 10.5. The zero-order valence-electron chi connectivity index (χ0n) is 19.3. The maximum atomic E-state index is 13.4. The molecule has 0 aliphatic heterocycles. The van der Waals surface area contributed by atoms with Gasteiger partial charge < -0.3 is 9.47 Å². The maximum Gasteiger partial charge on any atom is 0.336 e. The second kappa shape index (κ2) is 7.22. The molecule has 2 bridgehead atoms. The molecule has 4 rings (SSSR count). The number of allylic oxidation sites excluding steroid dienone is 6. The third kappa shape index (κ3) is 3.77. The predicted octanol–water partition coefficient (Wildman–Crippen LogP) is 5.54. The van der Waals surface area contributed by atoms with Crippen molar-refractivity contribution in [1.82, 2.24) is 0 Å². The van der Waals surface area contributed by atoms with Crippen molar-refractivity contribution in [1.29, 1.82) is 0 Å². The molecule has 0 aromatic rings. The van der Waals surface area contributed by atoms with Crippen LogP contribution in [0.5, 0.6) is 0 Å². The zero-order chi connectivity index (χ0) is 22.6. The van der Waals surface area contributed by atoms with E-state index in [0.717, 1.165) is 11.1 Å². The predicted molar refractivity (Wildman–Crippen MR) is 121 cm³/mol. The summed E-state index contributed by atoms with van der Waals surface area (Å²) >= 11 is 0. The highest BCUT2D eigenvalue weighted by atomic mass is 16.6. The van der Waals surface area contributed by atoms with Crippen LogP contribution in [0.25, 0.3) is 0 Å². The van der Waals surface area contributed by atoms with Crippen molar-refractivity contribution in [2.24, 2.45) is 17.3 Å². The van der Waals surface area contributed by atoms with Crippen LogP contribution < -0.4 is 0 Å². The van der Waals surface area contributed by atoms with Crippen LogP contribution in [-0.2, 0) is 19.1 Å². The van der Waals surface area contributed by atoms with Gasteiger partial charge >= 0.3 is 11.9 Å². The average molecular weight is 421 g/mol. The van der Waals surface area contributed by atoms with Crippen molar-refractivity contribution < 1.29 is 19.1 Å². The normalized spacial score (nSPS) is 35.2. The summed E-state index contributed by atoms with van der Waals surface area (Å²) in [6.45, 7) is 12.1. The number of hydrogen-bond donors (Lipinski definition) is 0. The lowest BCUT2D eigenvalue weighted by molar-refractivity contribution is -0.152. The first kappa shape index (κ1) is 21.6. The lowest BCUT2D eigenvalue weighted by Crippen LogP contribution is -2.35.